The fourth-order valence-electron chi connectivity index (χ4n) is 1.75. The molecule has 1 atom stereocenters. The number of amides is 1. The Morgan fingerprint density at radius 2 is 2.05 bits per heavy atom. The van der Waals surface area contributed by atoms with Crippen LogP contribution in [0.5, 0.6) is 0 Å². The predicted molar refractivity (Wildman–Crippen MR) is 67.4 cm³/mol. The molecule has 0 spiro atoms. The lowest BCUT2D eigenvalue weighted by molar-refractivity contribution is 0.0963. The number of nitrogens with one attached hydrogen (secondary N) is 1. The number of cyclic esters (lactones) is 1. The molecule has 19 heavy (non-hydrogen) atoms. The molecule has 2 N–H and O–H groups in total. The molecule has 1 unspecified atom stereocenters. The second kappa shape index (κ2) is 5.16. The zero-order chi connectivity index (χ0) is 14.0. The summed E-state index contributed by atoms with van der Waals surface area (Å²) in [7, 11) is -2.17. The Kier molecular flexibility index (Phi) is 3.74. The zero-order valence-corrected chi connectivity index (χ0v) is 11.1. The number of hydrogen-bond acceptors (Lipinski definition) is 5. The number of aliphatic hydroxyl groups is 1. The number of ether oxygens (including phenoxy) is 1. The minimum atomic E-state index is -3.49. The maximum absolute atomic E-state index is 11.5. The lowest BCUT2D eigenvalue weighted by Crippen LogP contribution is -2.25. The van der Waals surface area contributed by atoms with Crippen LogP contribution in [0.3, 0.4) is 0 Å². The van der Waals surface area contributed by atoms with Crippen molar-refractivity contribution in [2.75, 3.05) is 25.1 Å². The minimum absolute atomic E-state index is 0.116. The average molecular weight is 286 g/mol. The number of anilines is 1. The molecule has 8 heteroatoms. The Labute approximate surface area is 110 Å². The van der Waals surface area contributed by atoms with Crippen molar-refractivity contribution < 1.29 is 23.1 Å². The third-order valence-electron chi connectivity index (χ3n) is 2.81. The number of aliphatic hydroxyl groups excluding tert-OH is 1. The molecule has 1 saturated heterocycles. The van der Waals surface area contributed by atoms with Gasteiger partial charge in [0.1, 0.15) is 6.10 Å². The molecule has 0 saturated carbocycles. The maximum atomic E-state index is 11.5. The lowest BCUT2D eigenvalue weighted by Gasteiger charge is -2.13. The van der Waals surface area contributed by atoms with Gasteiger partial charge < -0.3 is 9.84 Å². The molecule has 1 aliphatic heterocycles. The summed E-state index contributed by atoms with van der Waals surface area (Å²) < 4.78 is 30.2. The van der Waals surface area contributed by atoms with Crippen molar-refractivity contribution in [3.05, 3.63) is 24.3 Å². The van der Waals surface area contributed by atoms with Gasteiger partial charge in [0.05, 0.1) is 18.0 Å². The third-order valence-corrected chi connectivity index (χ3v) is 4.24. The monoisotopic (exact) mass is 286 g/mol. The smallest absolute Gasteiger partial charge is 0.414 e. The Balaban J connectivity index is 2.22. The topological polar surface area (TPSA) is 95.9 Å². The first-order chi connectivity index (χ1) is 8.97. The summed E-state index contributed by atoms with van der Waals surface area (Å²) in [6.07, 6.45) is -1.10. The van der Waals surface area contributed by atoms with E-state index < -0.39 is 22.2 Å². The average Bonchev–Trinajstić information content (AvgIpc) is 2.80. The van der Waals surface area contributed by atoms with E-state index in [1.165, 1.54) is 36.2 Å². The second-order valence-corrected chi connectivity index (χ2v) is 5.89. The predicted octanol–water partition coefficient (Wildman–Crippen LogP) is -0.0878. The molecule has 0 radical (unpaired) electrons. The van der Waals surface area contributed by atoms with Crippen molar-refractivity contribution in [1.82, 2.24) is 4.72 Å². The quantitative estimate of drug-likeness (QED) is 0.806. The highest BCUT2D eigenvalue weighted by Crippen LogP contribution is 2.23. The van der Waals surface area contributed by atoms with E-state index in [4.69, 9.17) is 9.84 Å². The van der Waals surface area contributed by atoms with Gasteiger partial charge in [0.15, 0.2) is 0 Å². The summed E-state index contributed by atoms with van der Waals surface area (Å²) in [5.74, 6) is 0. The van der Waals surface area contributed by atoms with E-state index >= 15 is 0 Å². The fourth-order valence-corrected chi connectivity index (χ4v) is 2.48. The van der Waals surface area contributed by atoms with Crippen molar-refractivity contribution in [2.24, 2.45) is 0 Å². The number of benzene rings is 1. The minimum Gasteiger partial charge on any atom is -0.441 e. The van der Waals surface area contributed by atoms with E-state index in [1.807, 2.05) is 0 Å². The fraction of sp³-hybridized carbons (Fsp3) is 0.364. The van der Waals surface area contributed by atoms with Crippen LogP contribution in [0.1, 0.15) is 0 Å². The molecule has 1 aliphatic rings. The van der Waals surface area contributed by atoms with Crippen LogP contribution in [0.2, 0.25) is 0 Å². The number of sulfonamides is 1. The van der Waals surface area contributed by atoms with Gasteiger partial charge >= 0.3 is 6.09 Å². The van der Waals surface area contributed by atoms with Gasteiger partial charge in [0.25, 0.3) is 0 Å². The molecule has 0 aromatic heterocycles. The first kappa shape index (κ1) is 13.8. The molecule has 104 valence electrons. The van der Waals surface area contributed by atoms with Crippen molar-refractivity contribution in [3.63, 3.8) is 0 Å². The van der Waals surface area contributed by atoms with Crippen LogP contribution in [-0.2, 0) is 14.8 Å². The van der Waals surface area contributed by atoms with Gasteiger partial charge in [-0.1, -0.05) is 0 Å². The van der Waals surface area contributed by atoms with E-state index in [0.29, 0.717) is 5.69 Å². The van der Waals surface area contributed by atoms with Gasteiger partial charge in [0, 0.05) is 5.69 Å². The summed E-state index contributed by atoms with van der Waals surface area (Å²) in [6, 6.07) is 5.85. The van der Waals surface area contributed by atoms with Crippen molar-refractivity contribution in [2.45, 2.75) is 11.0 Å². The number of carbonyl (C=O) groups excluding carboxylic acids is 1. The normalized spacial score (nSPS) is 19.6. The van der Waals surface area contributed by atoms with Crippen LogP contribution >= 0.6 is 0 Å². The SMILES string of the molecule is CNS(=O)(=O)c1ccc(N2CC(CO)OC2=O)cc1. The summed E-state index contributed by atoms with van der Waals surface area (Å²) >= 11 is 0. The molecule has 0 bridgehead atoms. The van der Waals surface area contributed by atoms with Crippen molar-refractivity contribution in [3.8, 4) is 0 Å². The molecular weight excluding hydrogens is 272 g/mol. The molecule has 2 rings (SSSR count). The summed E-state index contributed by atoms with van der Waals surface area (Å²) in [5.41, 5.74) is 0.524. The lowest BCUT2D eigenvalue weighted by atomic mass is 10.3. The molecule has 1 fully saturated rings. The molecule has 1 heterocycles. The Morgan fingerprint density at radius 1 is 1.42 bits per heavy atom. The summed E-state index contributed by atoms with van der Waals surface area (Å²) in [6.45, 7) is 0.00190. The van der Waals surface area contributed by atoms with Crippen molar-refractivity contribution in [1.29, 1.82) is 0 Å². The highest BCUT2D eigenvalue weighted by atomic mass is 32.2. The molecular formula is C11H14N2O5S. The highest BCUT2D eigenvalue weighted by Gasteiger charge is 2.31. The molecule has 1 aromatic rings. The van der Waals surface area contributed by atoms with Gasteiger partial charge in [-0.3, -0.25) is 4.90 Å². The number of nitrogens with zero attached hydrogens (tertiary/aromatic N) is 1. The molecule has 7 nitrogen and oxygen atoms in total. The van der Waals surface area contributed by atoms with Crippen LogP contribution in [0, 0.1) is 0 Å². The first-order valence-corrected chi connectivity index (χ1v) is 7.09. The number of carbonyl (C=O) groups is 1. The number of hydrogen-bond donors (Lipinski definition) is 2. The van der Waals surface area contributed by atoms with Gasteiger partial charge in [-0.15, -0.1) is 0 Å². The van der Waals surface area contributed by atoms with E-state index in [9.17, 15) is 13.2 Å². The number of rotatable bonds is 4. The maximum Gasteiger partial charge on any atom is 0.414 e. The van der Waals surface area contributed by atoms with E-state index in [1.54, 1.807) is 0 Å². The third kappa shape index (κ3) is 2.70. The summed E-state index contributed by atoms with van der Waals surface area (Å²) in [4.78, 5) is 13.0. The van der Waals surface area contributed by atoms with Gasteiger partial charge in [-0.05, 0) is 31.3 Å². The van der Waals surface area contributed by atoms with Gasteiger partial charge in [0.2, 0.25) is 10.0 Å². The van der Waals surface area contributed by atoms with Gasteiger partial charge in [-0.2, -0.15) is 0 Å². The van der Waals surface area contributed by atoms with Crippen LogP contribution < -0.4 is 9.62 Å². The van der Waals surface area contributed by atoms with E-state index in [2.05, 4.69) is 4.72 Å². The zero-order valence-electron chi connectivity index (χ0n) is 10.2. The standard InChI is InChI=1S/C11H14N2O5S/c1-12-19(16,17)10-4-2-8(3-5-10)13-6-9(7-14)18-11(13)15/h2-5,9,12,14H,6-7H2,1H3. The molecule has 0 aliphatic carbocycles. The van der Waals surface area contributed by atoms with E-state index in [0.717, 1.165) is 0 Å². The van der Waals surface area contributed by atoms with Crippen LogP contribution in [0.25, 0.3) is 0 Å². The van der Waals surface area contributed by atoms with Gasteiger partial charge in [-0.25, -0.2) is 17.9 Å². The molecule has 1 aromatic carbocycles. The van der Waals surface area contributed by atoms with Crippen molar-refractivity contribution >= 4 is 21.8 Å². The second-order valence-electron chi connectivity index (χ2n) is 4.00. The van der Waals surface area contributed by atoms with Crippen LogP contribution in [0.15, 0.2) is 29.2 Å². The van der Waals surface area contributed by atoms with E-state index in [-0.39, 0.29) is 18.0 Å². The molecule has 1 amide bonds. The Hall–Kier alpha value is -1.64. The first-order valence-electron chi connectivity index (χ1n) is 5.60. The summed E-state index contributed by atoms with van der Waals surface area (Å²) in [5, 5.41) is 8.94. The Morgan fingerprint density at radius 3 is 2.53 bits per heavy atom. The highest BCUT2D eigenvalue weighted by molar-refractivity contribution is 7.89. The largest absolute Gasteiger partial charge is 0.441 e. The Bertz CT molecular complexity index is 569. The van der Waals surface area contributed by atoms with Crippen LogP contribution in [0.4, 0.5) is 10.5 Å². The van der Waals surface area contributed by atoms with Crippen LogP contribution in [-0.4, -0.2) is 45.9 Å².